The highest BCUT2D eigenvalue weighted by atomic mass is 16.5. The van der Waals surface area contributed by atoms with Crippen molar-refractivity contribution >= 4 is 16.9 Å². The summed E-state index contributed by atoms with van der Waals surface area (Å²) in [6.07, 6.45) is 8.36. The second kappa shape index (κ2) is 11.7. The summed E-state index contributed by atoms with van der Waals surface area (Å²) in [6, 6.07) is 16.0. The van der Waals surface area contributed by atoms with E-state index in [9.17, 15) is 4.79 Å². The molecule has 0 aliphatic heterocycles. The number of nitrogens with zero attached hydrogens (tertiary/aromatic N) is 2. The van der Waals surface area contributed by atoms with Gasteiger partial charge in [-0.1, -0.05) is 37.5 Å². The zero-order chi connectivity index (χ0) is 22.9. The lowest BCUT2D eigenvalue weighted by Gasteiger charge is -2.20. The first-order valence-corrected chi connectivity index (χ1v) is 12.2. The quantitative estimate of drug-likeness (QED) is 0.412. The van der Waals surface area contributed by atoms with Gasteiger partial charge in [-0.05, 0) is 49.9 Å². The molecule has 0 unspecified atom stereocenters. The average molecular weight is 450 g/mol. The number of fused-ring (bicyclic) bond motifs is 1. The van der Waals surface area contributed by atoms with E-state index in [4.69, 9.17) is 14.5 Å². The van der Waals surface area contributed by atoms with Crippen LogP contribution in [0.4, 0.5) is 0 Å². The SMILES string of the molecule is COc1cccc(OCCCCn2c(CCNC(=O)C3CCCCC3)nc3ccccc32)c1. The van der Waals surface area contributed by atoms with E-state index in [-0.39, 0.29) is 11.8 Å². The fraction of sp³-hybridized carbons (Fsp3) is 0.481. The highest BCUT2D eigenvalue weighted by Crippen LogP contribution is 2.24. The third-order valence-electron chi connectivity index (χ3n) is 6.44. The Balaban J connectivity index is 1.29. The molecule has 0 spiro atoms. The van der Waals surface area contributed by atoms with Crippen molar-refractivity contribution in [3.63, 3.8) is 0 Å². The molecule has 1 fully saturated rings. The maximum atomic E-state index is 12.5. The van der Waals surface area contributed by atoms with Gasteiger partial charge in [0.2, 0.25) is 5.91 Å². The highest BCUT2D eigenvalue weighted by Gasteiger charge is 2.20. The van der Waals surface area contributed by atoms with Gasteiger partial charge in [0.25, 0.3) is 0 Å². The Morgan fingerprint density at radius 2 is 1.88 bits per heavy atom. The molecule has 6 nitrogen and oxygen atoms in total. The van der Waals surface area contributed by atoms with Crippen LogP contribution in [0.2, 0.25) is 0 Å². The summed E-state index contributed by atoms with van der Waals surface area (Å²) in [5, 5.41) is 3.15. The Labute approximate surface area is 196 Å². The van der Waals surface area contributed by atoms with E-state index in [1.165, 1.54) is 19.3 Å². The molecule has 1 aliphatic rings. The summed E-state index contributed by atoms with van der Waals surface area (Å²) in [5.41, 5.74) is 2.17. The Bertz CT molecular complexity index is 1040. The van der Waals surface area contributed by atoms with E-state index in [1.54, 1.807) is 7.11 Å². The maximum absolute atomic E-state index is 12.5. The predicted octanol–water partition coefficient (Wildman–Crippen LogP) is 5.14. The van der Waals surface area contributed by atoms with Gasteiger partial charge in [0.1, 0.15) is 17.3 Å². The van der Waals surface area contributed by atoms with Gasteiger partial charge < -0.3 is 19.4 Å². The van der Waals surface area contributed by atoms with Crippen molar-refractivity contribution in [3.8, 4) is 11.5 Å². The molecule has 1 N–H and O–H groups in total. The lowest BCUT2D eigenvalue weighted by Crippen LogP contribution is -2.33. The maximum Gasteiger partial charge on any atom is 0.223 e. The molecular weight excluding hydrogens is 414 g/mol. The molecule has 2 aromatic carbocycles. The number of carbonyl (C=O) groups excluding carboxylic acids is 1. The van der Waals surface area contributed by atoms with Gasteiger partial charge >= 0.3 is 0 Å². The molecule has 0 saturated heterocycles. The number of hydrogen-bond acceptors (Lipinski definition) is 4. The zero-order valence-electron chi connectivity index (χ0n) is 19.6. The van der Waals surface area contributed by atoms with Gasteiger partial charge in [0.05, 0.1) is 24.8 Å². The summed E-state index contributed by atoms with van der Waals surface area (Å²) in [4.78, 5) is 17.3. The number of para-hydroxylation sites is 2. The number of ether oxygens (including phenoxy) is 2. The fourth-order valence-corrected chi connectivity index (χ4v) is 4.63. The summed E-state index contributed by atoms with van der Waals surface area (Å²) in [7, 11) is 1.66. The van der Waals surface area contributed by atoms with Crippen LogP contribution in [-0.4, -0.2) is 35.7 Å². The van der Waals surface area contributed by atoms with E-state index in [0.29, 0.717) is 13.2 Å². The molecule has 0 atom stereocenters. The van der Waals surface area contributed by atoms with E-state index in [2.05, 4.69) is 28.1 Å². The van der Waals surface area contributed by atoms with Crippen LogP contribution in [0.1, 0.15) is 50.8 Å². The molecule has 1 heterocycles. The van der Waals surface area contributed by atoms with Gasteiger partial charge in [0, 0.05) is 31.5 Å². The van der Waals surface area contributed by atoms with E-state index >= 15 is 0 Å². The summed E-state index contributed by atoms with van der Waals surface area (Å²) < 4.78 is 13.4. The van der Waals surface area contributed by atoms with Crippen molar-refractivity contribution in [2.45, 2.75) is 57.9 Å². The van der Waals surface area contributed by atoms with Crippen molar-refractivity contribution in [2.75, 3.05) is 20.3 Å². The molecule has 33 heavy (non-hydrogen) atoms. The van der Waals surface area contributed by atoms with Crippen LogP contribution in [0.25, 0.3) is 11.0 Å². The zero-order valence-corrected chi connectivity index (χ0v) is 19.6. The van der Waals surface area contributed by atoms with Crippen LogP contribution in [0, 0.1) is 5.92 Å². The number of benzene rings is 2. The van der Waals surface area contributed by atoms with E-state index in [1.807, 2.05) is 30.3 Å². The fourth-order valence-electron chi connectivity index (χ4n) is 4.63. The topological polar surface area (TPSA) is 65.4 Å². The Morgan fingerprint density at radius 3 is 2.73 bits per heavy atom. The van der Waals surface area contributed by atoms with Crippen LogP contribution in [0.5, 0.6) is 11.5 Å². The van der Waals surface area contributed by atoms with Crippen LogP contribution in [-0.2, 0) is 17.8 Å². The first-order chi connectivity index (χ1) is 16.2. The van der Waals surface area contributed by atoms with Crippen LogP contribution in [0.3, 0.4) is 0 Å². The molecule has 3 aromatic rings. The second-order valence-corrected chi connectivity index (χ2v) is 8.78. The Morgan fingerprint density at radius 1 is 1.06 bits per heavy atom. The molecule has 1 aromatic heterocycles. The summed E-state index contributed by atoms with van der Waals surface area (Å²) >= 11 is 0. The summed E-state index contributed by atoms with van der Waals surface area (Å²) in [5.74, 6) is 3.08. The first-order valence-electron chi connectivity index (χ1n) is 12.2. The number of methoxy groups -OCH3 is 1. The number of imidazole rings is 1. The minimum Gasteiger partial charge on any atom is -0.497 e. The number of unbranched alkanes of at least 4 members (excludes halogenated alkanes) is 1. The predicted molar refractivity (Wildman–Crippen MR) is 131 cm³/mol. The summed E-state index contributed by atoms with van der Waals surface area (Å²) in [6.45, 7) is 2.18. The monoisotopic (exact) mass is 449 g/mol. The number of carbonyl (C=O) groups is 1. The molecule has 1 saturated carbocycles. The minimum absolute atomic E-state index is 0.196. The number of amides is 1. The number of hydrogen-bond donors (Lipinski definition) is 1. The number of aromatic nitrogens is 2. The van der Waals surface area contributed by atoms with Crippen LogP contribution >= 0.6 is 0 Å². The molecule has 1 aliphatic carbocycles. The Hall–Kier alpha value is -3.02. The lowest BCUT2D eigenvalue weighted by molar-refractivity contribution is -0.125. The largest absolute Gasteiger partial charge is 0.497 e. The van der Waals surface area contributed by atoms with E-state index in [0.717, 1.165) is 67.0 Å². The van der Waals surface area contributed by atoms with Gasteiger partial charge in [0.15, 0.2) is 0 Å². The normalized spacial score (nSPS) is 14.3. The van der Waals surface area contributed by atoms with Crippen LogP contribution < -0.4 is 14.8 Å². The molecular formula is C27H35N3O3. The van der Waals surface area contributed by atoms with Crippen molar-refractivity contribution in [1.29, 1.82) is 0 Å². The minimum atomic E-state index is 0.196. The van der Waals surface area contributed by atoms with Gasteiger partial charge in [-0.2, -0.15) is 0 Å². The molecule has 0 radical (unpaired) electrons. The highest BCUT2D eigenvalue weighted by molar-refractivity contribution is 5.78. The standard InChI is InChI=1S/C27H35N3O3/c1-32-22-12-9-13-23(20-22)33-19-8-7-18-30-25-15-6-5-14-24(25)29-26(30)16-17-28-27(31)21-10-3-2-4-11-21/h5-6,9,12-15,20-21H,2-4,7-8,10-11,16-19H2,1H3,(H,28,31). The average Bonchev–Trinajstić information content (AvgIpc) is 3.21. The van der Waals surface area contributed by atoms with Crippen molar-refractivity contribution < 1.29 is 14.3 Å². The molecule has 6 heteroatoms. The molecule has 0 bridgehead atoms. The lowest BCUT2D eigenvalue weighted by atomic mass is 9.89. The molecule has 176 valence electrons. The number of aryl methyl sites for hydroxylation is 1. The van der Waals surface area contributed by atoms with Crippen LogP contribution in [0.15, 0.2) is 48.5 Å². The Kier molecular flexibility index (Phi) is 8.23. The molecule has 4 rings (SSSR count). The van der Waals surface area contributed by atoms with E-state index < -0.39 is 0 Å². The first kappa shape index (κ1) is 23.1. The van der Waals surface area contributed by atoms with Crippen molar-refractivity contribution in [3.05, 3.63) is 54.4 Å². The molecule has 1 amide bonds. The van der Waals surface area contributed by atoms with Gasteiger partial charge in [-0.3, -0.25) is 4.79 Å². The van der Waals surface area contributed by atoms with Gasteiger partial charge in [-0.15, -0.1) is 0 Å². The third kappa shape index (κ3) is 6.28. The van der Waals surface area contributed by atoms with Crippen molar-refractivity contribution in [2.24, 2.45) is 5.92 Å². The third-order valence-corrected chi connectivity index (χ3v) is 6.44. The smallest absolute Gasteiger partial charge is 0.223 e. The van der Waals surface area contributed by atoms with Crippen molar-refractivity contribution in [1.82, 2.24) is 14.9 Å². The number of nitrogens with one attached hydrogen (secondary N) is 1. The second-order valence-electron chi connectivity index (χ2n) is 8.78. The van der Waals surface area contributed by atoms with Gasteiger partial charge in [-0.25, -0.2) is 4.98 Å². The number of rotatable bonds is 11.